The zero-order valence-electron chi connectivity index (χ0n) is 14.2. The summed E-state index contributed by atoms with van der Waals surface area (Å²) in [6.45, 7) is 3.13. The molecule has 0 spiro atoms. The molecule has 3 rings (SSSR count). The molecule has 0 saturated heterocycles. The summed E-state index contributed by atoms with van der Waals surface area (Å²) in [5.74, 6) is -0.371. The van der Waals surface area contributed by atoms with Gasteiger partial charge in [-0.3, -0.25) is 0 Å². The molecule has 1 aliphatic carbocycles. The Kier molecular flexibility index (Phi) is 5.34. The van der Waals surface area contributed by atoms with Gasteiger partial charge in [-0.2, -0.15) is 0 Å². The maximum atomic E-state index is 14.2. The van der Waals surface area contributed by atoms with Crippen LogP contribution in [0.4, 0.5) is 4.39 Å². The van der Waals surface area contributed by atoms with E-state index in [0.29, 0.717) is 24.8 Å². The minimum absolute atomic E-state index is 0.0360. The average Bonchev–Trinajstić information content (AvgIpc) is 3.43. The lowest BCUT2D eigenvalue weighted by Gasteiger charge is -2.16. The molecule has 2 N–H and O–H groups in total. The molecule has 132 valence electrons. The lowest BCUT2D eigenvalue weighted by Crippen LogP contribution is -2.18. The zero-order valence-corrected chi connectivity index (χ0v) is 14.2. The van der Waals surface area contributed by atoms with Gasteiger partial charge in [-0.05, 0) is 61.1 Å². The summed E-state index contributed by atoms with van der Waals surface area (Å²) < 4.78 is 19.7. The average molecular weight is 343 g/mol. The maximum absolute atomic E-state index is 14.2. The van der Waals surface area contributed by atoms with E-state index in [0.717, 1.165) is 11.1 Å². The maximum Gasteiger partial charge on any atom is 0.335 e. The van der Waals surface area contributed by atoms with Crippen LogP contribution in [0, 0.1) is 11.7 Å². The molecule has 25 heavy (non-hydrogen) atoms. The van der Waals surface area contributed by atoms with Crippen molar-refractivity contribution >= 4 is 5.97 Å². The molecule has 1 saturated carbocycles. The lowest BCUT2D eigenvalue weighted by atomic mass is 10.1. The van der Waals surface area contributed by atoms with Crippen molar-refractivity contribution in [3.8, 4) is 5.75 Å². The van der Waals surface area contributed by atoms with Gasteiger partial charge in [0.25, 0.3) is 0 Å². The van der Waals surface area contributed by atoms with E-state index < -0.39 is 5.97 Å². The van der Waals surface area contributed by atoms with Gasteiger partial charge in [-0.25, -0.2) is 9.18 Å². The second-order valence-electron chi connectivity index (χ2n) is 6.55. The Hall–Kier alpha value is -2.40. The van der Waals surface area contributed by atoms with Crippen molar-refractivity contribution in [3.05, 3.63) is 65.0 Å². The fraction of sp³-hybridized carbons (Fsp3) is 0.350. The smallest absolute Gasteiger partial charge is 0.335 e. The van der Waals surface area contributed by atoms with Gasteiger partial charge in [-0.1, -0.05) is 18.2 Å². The summed E-state index contributed by atoms with van der Waals surface area (Å²) in [7, 11) is 0. The van der Waals surface area contributed by atoms with Crippen molar-refractivity contribution < 1.29 is 19.0 Å². The number of rotatable bonds is 8. The second kappa shape index (κ2) is 7.66. The minimum Gasteiger partial charge on any atom is -0.490 e. The molecule has 0 heterocycles. The van der Waals surface area contributed by atoms with Crippen LogP contribution in [-0.2, 0) is 6.54 Å². The Morgan fingerprint density at radius 1 is 1.28 bits per heavy atom. The van der Waals surface area contributed by atoms with Crippen LogP contribution >= 0.6 is 0 Å². The van der Waals surface area contributed by atoms with Crippen LogP contribution in [0.3, 0.4) is 0 Å². The topological polar surface area (TPSA) is 58.6 Å². The summed E-state index contributed by atoms with van der Waals surface area (Å²) in [5, 5.41) is 12.2. The quantitative estimate of drug-likeness (QED) is 0.755. The fourth-order valence-electron chi connectivity index (χ4n) is 2.55. The van der Waals surface area contributed by atoms with Gasteiger partial charge < -0.3 is 15.2 Å². The highest BCUT2D eigenvalue weighted by Gasteiger charge is 2.22. The van der Waals surface area contributed by atoms with E-state index in [2.05, 4.69) is 5.32 Å². The van der Waals surface area contributed by atoms with Gasteiger partial charge in [0.1, 0.15) is 0 Å². The van der Waals surface area contributed by atoms with Gasteiger partial charge in [-0.15, -0.1) is 0 Å². The number of carboxylic acid groups (broad SMARTS) is 1. The molecule has 5 heteroatoms. The first kappa shape index (κ1) is 17.4. The van der Waals surface area contributed by atoms with Crippen molar-refractivity contribution in [2.75, 3.05) is 6.61 Å². The number of carboxylic acids is 1. The normalized spacial score (nSPS) is 15.0. The van der Waals surface area contributed by atoms with Crippen LogP contribution in [0.5, 0.6) is 5.75 Å². The number of aromatic carboxylic acids is 1. The molecular formula is C20H22FNO3. The van der Waals surface area contributed by atoms with Gasteiger partial charge in [0, 0.05) is 12.6 Å². The number of carbonyl (C=O) groups is 1. The Balaban J connectivity index is 1.55. The summed E-state index contributed by atoms with van der Waals surface area (Å²) in [5.41, 5.74) is 2.08. The van der Waals surface area contributed by atoms with E-state index in [4.69, 9.17) is 9.84 Å². The zero-order chi connectivity index (χ0) is 17.8. The predicted octanol–water partition coefficient (Wildman–Crippen LogP) is 4.16. The molecule has 1 unspecified atom stereocenters. The third-order valence-corrected chi connectivity index (χ3v) is 4.44. The van der Waals surface area contributed by atoms with E-state index in [9.17, 15) is 9.18 Å². The molecule has 0 bridgehead atoms. The molecule has 0 radical (unpaired) electrons. The highest BCUT2D eigenvalue weighted by Crippen LogP contribution is 2.30. The second-order valence-corrected chi connectivity index (χ2v) is 6.55. The number of hydrogen-bond donors (Lipinski definition) is 2. The molecule has 0 aromatic heterocycles. The third-order valence-electron chi connectivity index (χ3n) is 4.44. The van der Waals surface area contributed by atoms with Crippen molar-refractivity contribution in [3.63, 3.8) is 0 Å². The Morgan fingerprint density at radius 2 is 2.00 bits per heavy atom. The third kappa shape index (κ3) is 4.79. The van der Waals surface area contributed by atoms with Crippen molar-refractivity contribution in [2.45, 2.75) is 32.4 Å². The molecular weight excluding hydrogens is 321 g/mol. The predicted molar refractivity (Wildman–Crippen MR) is 93.3 cm³/mol. The van der Waals surface area contributed by atoms with Crippen LogP contribution in [0.2, 0.25) is 0 Å². The van der Waals surface area contributed by atoms with Gasteiger partial charge >= 0.3 is 5.97 Å². The Labute approximate surface area is 146 Å². The molecule has 2 aromatic carbocycles. The highest BCUT2D eigenvalue weighted by molar-refractivity contribution is 5.87. The van der Waals surface area contributed by atoms with E-state index in [1.807, 2.05) is 13.0 Å². The molecule has 0 aliphatic heterocycles. The Bertz CT molecular complexity index is 741. The van der Waals surface area contributed by atoms with E-state index in [-0.39, 0.29) is 17.4 Å². The highest BCUT2D eigenvalue weighted by atomic mass is 19.1. The van der Waals surface area contributed by atoms with E-state index >= 15 is 0 Å². The van der Waals surface area contributed by atoms with Crippen LogP contribution in [0.25, 0.3) is 0 Å². The summed E-state index contributed by atoms with van der Waals surface area (Å²) in [6.07, 6.45) is 2.35. The lowest BCUT2D eigenvalue weighted by molar-refractivity contribution is 0.0697. The Morgan fingerprint density at radius 3 is 2.60 bits per heavy atom. The number of benzene rings is 2. The summed E-state index contributed by atoms with van der Waals surface area (Å²) in [4.78, 5) is 10.8. The van der Waals surface area contributed by atoms with Crippen LogP contribution in [0.15, 0.2) is 42.5 Å². The number of halogens is 1. The monoisotopic (exact) mass is 343 g/mol. The molecule has 1 aliphatic rings. The number of hydrogen-bond acceptors (Lipinski definition) is 3. The first-order chi connectivity index (χ1) is 12.0. The van der Waals surface area contributed by atoms with Gasteiger partial charge in [0.05, 0.1) is 12.2 Å². The number of nitrogens with one attached hydrogen (secondary N) is 1. The van der Waals surface area contributed by atoms with Gasteiger partial charge in [0.15, 0.2) is 11.6 Å². The molecule has 1 atom stereocenters. The van der Waals surface area contributed by atoms with E-state index in [1.54, 1.807) is 30.3 Å². The molecule has 0 amide bonds. The summed E-state index contributed by atoms with van der Waals surface area (Å²) >= 11 is 0. The van der Waals surface area contributed by atoms with Crippen LogP contribution in [-0.4, -0.2) is 17.7 Å². The largest absolute Gasteiger partial charge is 0.490 e. The summed E-state index contributed by atoms with van der Waals surface area (Å²) in [6, 6.07) is 11.7. The van der Waals surface area contributed by atoms with Crippen LogP contribution < -0.4 is 10.1 Å². The molecule has 4 nitrogen and oxygen atoms in total. The number of ether oxygens (including phenoxy) is 1. The molecule has 1 fully saturated rings. The SMILES string of the molecule is CC(NCc1ccc(C(=O)O)cc1)c1ccc(OCC2CC2)c(F)c1. The van der Waals surface area contributed by atoms with Crippen molar-refractivity contribution in [2.24, 2.45) is 5.92 Å². The first-order valence-electron chi connectivity index (χ1n) is 8.51. The van der Waals surface area contributed by atoms with Gasteiger partial charge in [0.2, 0.25) is 0 Å². The minimum atomic E-state index is -0.938. The molecule has 2 aromatic rings. The van der Waals surface area contributed by atoms with Crippen LogP contribution in [0.1, 0.15) is 47.3 Å². The van der Waals surface area contributed by atoms with Crippen molar-refractivity contribution in [1.82, 2.24) is 5.32 Å². The van der Waals surface area contributed by atoms with Crippen molar-refractivity contribution in [1.29, 1.82) is 0 Å². The first-order valence-corrected chi connectivity index (χ1v) is 8.51. The van der Waals surface area contributed by atoms with E-state index in [1.165, 1.54) is 18.9 Å². The fourth-order valence-corrected chi connectivity index (χ4v) is 2.55. The standard InChI is InChI=1S/C20H22FNO3/c1-13(22-11-14-4-6-16(7-5-14)20(23)24)17-8-9-19(18(21)10-17)25-12-15-2-3-15/h4-10,13,15,22H,2-3,11-12H2,1H3,(H,23,24).